The Hall–Kier alpha value is -3.04. The standard InChI is InChI=1S/C15H23F3N4O4.C2HF3O2/c1-3-8(4-2)26-10-6-7(12(23)24)5-9(21-14(19)20)11(10)22-13(25)15(16,17)18;3-2(4,5)1(6)7/h6,8-11H,3-5H2,1-2H3,(H,22,25)(H,23,24)(H4,19,20,21);(H,6,7)/t9-,10+,11+;/m0./s1. The van der Waals surface area contributed by atoms with Gasteiger partial charge in [-0.05, 0) is 18.9 Å². The van der Waals surface area contributed by atoms with E-state index >= 15 is 0 Å². The van der Waals surface area contributed by atoms with Crippen LogP contribution in [-0.2, 0) is 19.1 Å². The van der Waals surface area contributed by atoms with Gasteiger partial charge in [-0.15, -0.1) is 0 Å². The molecule has 1 rings (SSSR count). The fourth-order valence-electron chi connectivity index (χ4n) is 2.66. The molecule has 190 valence electrons. The van der Waals surface area contributed by atoms with Gasteiger partial charge in [0.05, 0.1) is 24.3 Å². The molecule has 33 heavy (non-hydrogen) atoms. The van der Waals surface area contributed by atoms with Crippen molar-refractivity contribution in [2.75, 3.05) is 0 Å². The van der Waals surface area contributed by atoms with Crippen LogP contribution in [0.1, 0.15) is 33.1 Å². The molecule has 1 aliphatic carbocycles. The van der Waals surface area contributed by atoms with Crippen molar-refractivity contribution in [2.45, 2.75) is 69.8 Å². The molecule has 0 aromatic carbocycles. The van der Waals surface area contributed by atoms with E-state index in [-0.39, 0.29) is 18.1 Å². The number of aliphatic carboxylic acids is 2. The summed E-state index contributed by atoms with van der Waals surface area (Å²) in [6.45, 7) is 3.63. The van der Waals surface area contributed by atoms with Crippen molar-refractivity contribution in [3.63, 3.8) is 0 Å². The number of carbonyl (C=O) groups excluding carboxylic acids is 1. The quantitative estimate of drug-likeness (QED) is 0.200. The molecule has 0 unspecified atom stereocenters. The van der Waals surface area contributed by atoms with Crippen molar-refractivity contribution < 1.29 is 55.7 Å². The number of carboxylic acids is 2. The number of guanidine groups is 1. The van der Waals surface area contributed by atoms with Crippen molar-refractivity contribution in [3.8, 4) is 0 Å². The lowest BCUT2D eigenvalue weighted by atomic mass is 9.88. The summed E-state index contributed by atoms with van der Waals surface area (Å²) < 4.78 is 75.5. The van der Waals surface area contributed by atoms with Crippen molar-refractivity contribution in [1.82, 2.24) is 5.32 Å². The zero-order chi connectivity index (χ0) is 26.1. The summed E-state index contributed by atoms with van der Waals surface area (Å²) in [6, 6.07) is -2.38. The fourth-order valence-corrected chi connectivity index (χ4v) is 2.66. The van der Waals surface area contributed by atoms with Crippen molar-refractivity contribution >= 4 is 23.8 Å². The summed E-state index contributed by atoms with van der Waals surface area (Å²) in [6.07, 6.45) is -9.61. The maximum Gasteiger partial charge on any atom is 0.490 e. The Kier molecular flexibility index (Phi) is 11.1. The number of ether oxygens (including phenoxy) is 1. The minimum absolute atomic E-state index is 0.103. The summed E-state index contributed by atoms with van der Waals surface area (Å²) in [5.41, 5.74) is 10.5. The minimum atomic E-state index is -5.11. The third-order valence-electron chi connectivity index (χ3n) is 4.21. The molecule has 0 aromatic rings. The Balaban J connectivity index is 0.00000126. The number of nitrogens with two attached hydrogens (primary N) is 2. The van der Waals surface area contributed by atoms with Gasteiger partial charge < -0.3 is 31.7 Å². The first kappa shape index (κ1) is 30.0. The van der Waals surface area contributed by atoms with Gasteiger partial charge in [0.25, 0.3) is 0 Å². The van der Waals surface area contributed by atoms with E-state index in [1.807, 2.05) is 19.2 Å². The molecule has 0 saturated heterocycles. The lowest BCUT2D eigenvalue weighted by Crippen LogP contribution is -2.56. The van der Waals surface area contributed by atoms with Gasteiger partial charge in [-0.25, -0.2) is 14.6 Å². The van der Waals surface area contributed by atoms with Gasteiger partial charge >= 0.3 is 30.2 Å². The molecule has 0 saturated carbocycles. The highest BCUT2D eigenvalue weighted by Crippen LogP contribution is 2.27. The second-order valence-electron chi connectivity index (χ2n) is 6.66. The van der Waals surface area contributed by atoms with E-state index in [9.17, 15) is 41.0 Å². The van der Waals surface area contributed by atoms with Gasteiger partial charge in [0.1, 0.15) is 0 Å². The van der Waals surface area contributed by atoms with E-state index in [0.29, 0.717) is 12.8 Å². The number of hydrogen-bond acceptors (Lipinski definition) is 5. The number of carbonyl (C=O) groups is 3. The van der Waals surface area contributed by atoms with Gasteiger partial charge in [0.15, 0.2) is 5.96 Å². The molecule has 0 aromatic heterocycles. The average molecular weight is 494 g/mol. The Bertz CT molecular complexity index is 760. The van der Waals surface area contributed by atoms with Crippen LogP contribution in [0.4, 0.5) is 26.3 Å². The maximum atomic E-state index is 12.7. The molecule has 0 heterocycles. The molecular weight excluding hydrogens is 470 g/mol. The smallest absolute Gasteiger partial charge is 0.478 e. The predicted octanol–water partition coefficient (Wildman–Crippen LogP) is 1.30. The fraction of sp³-hybridized carbons (Fsp3) is 0.647. The summed E-state index contributed by atoms with van der Waals surface area (Å²) >= 11 is 0. The molecular formula is C17H24F6N4O6. The first-order valence-electron chi connectivity index (χ1n) is 9.29. The average Bonchev–Trinajstić information content (AvgIpc) is 2.66. The summed E-state index contributed by atoms with van der Waals surface area (Å²) in [5.74, 6) is -6.63. The SMILES string of the molecule is CCC(CC)O[C@@H]1C=C(C(=O)O)C[C@H](N=C(N)N)[C@H]1NC(=O)C(F)(F)F.O=C(O)C(F)(F)F. The molecule has 0 bridgehead atoms. The van der Waals surface area contributed by atoms with Crippen LogP contribution in [0.15, 0.2) is 16.6 Å². The van der Waals surface area contributed by atoms with E-state index < -0.39 is 54.3 Å². The molecule has 0 spiro atoms. The number of carboxylic acid groups (broad SMARTS) is 2. The molecule has 10 nitrogen and oxygen atoms in total. The number of alkyl halides is 6. The number of halogens is 6. The Morgan fingerprint density at radius 1 is 1.12 bits per heavy atom. The highest BCUT2D eigenvalue weighted by Gasteiger charge is 2.45. The Morgan fingerprint density at radius 3 is 1.94 bits per heavy atom. The molecule has 0 fully saturated rings. The van der Waals surface area contributed by atoms with E-state index in [4.69, 9.17) is 26.1 Å². The highest BCUT2D eigenvalue weighted by atomic mass is 19.4. The van der Waals surface area contributed by atoms with Crippen molar-refractivity contribution in [1.29, 1.82) is 0 Å². The first-order chi connectivity index (χ1) is 14.9. The van der Waals surface area contributed by atoms with Crippen LogP contribution < -0.4 is 16.8 Å². The largest absolute Gasteiger partial charge is 0.490 e. The number of hydrogen-bond donors (Lipinski definition) is 5. The number of nitrogens with one attached hydrogen (secondary N) is 1. The summed E-state index contributed by atoms with van der Waals surface area (Å²) in [7, 11) is 0. The van der Waals surface area contributed by atoms with Crippen LogP contribution in [-0.4, -0.2) is 70.7 Å². The number of amides is 1. The second-order valence-corrected chi connectivity index (χ2v) is 6.66. The van der Waals surface area contributed by atoms with Gasteiger partial charge in [-0.1, -0.05) is 13.8 Å². The van der Waals surface area contributed by atoms with E-state index in [1.54, 1.807) is 0 Å². The van der Waals surface area contributed by atoms with Gasteiger partial charge in [0.2, 0.25) is 0 Å². The molecule has 0 radical (unpaired) electrons. The van der Waals surface area contributed by atoms with Crippen molar-refractivity contribution in [3.05, 3.63) is 11.6 Å². The zero-order valence-electron chi connectivity index (χ0n) is 17.4. The summed E-state index contributed by atoms with van der Waals surface area (Å²) in [5, 5.41) is 18.2. The minimum Gasteiger partial charge on any atom is -0.478 e. The third-order valence-corrected chi connectivity index (χ3v) is 4.21. The Morgan fingerprint density at radius 2 is 1.61 bits per heavy atom. The second kappa shape index (κ2) is 12.3. The van der Waals surface area contributed by atoms with E-state index in [2.05, 4.69) is 4.99 Å². The maximum absolute atomic E-state index is 12.7. The van der Waals surface area contributed by atoms with Crippen LogP contribution in [0.25, 0.3) is 0 Å². The zero-order valence-corrected chi connectivity index (χ0v) is 17.4. The lowest BCUT2D eigenvalue weighted by molar-refractivity contribution is -0.192. The Labute approximate surface area is 183 Å². The lowest BCUT2D eigenvalue weighted by Gasteiger charge is -2.36. The van der Waals surface area contributed by atoms with E-state index in [0.717, 1.165) is 0 Å². The molecule has 7 N–H and O–H groups in total. The van der Waals surface area contributed by atoms with Crippen LogP contribution in [0.5, 0.6) is 0 Å². The van der Waals surface area contributed by atoms with Crippen LogP contribution >= 0.6 is 0 Å². The van der Waals surface area contributed by atoms with Crippen LogP contribution in [0, 0.1) is 0 Å². The van der Waals surface area contributed by atoms with Crippen molar-refractivity contribution in [2.24, 2.45) is 16.5 Å². The van der Waals surface area contributed by atoms with Crippen LogP contribution in [0.2, 0.25) is 0 Å². The molecule has 0 aliphatic heterocycles. The predicted molar refractivity (Wildman–Crippen MR) is 101 cm³/mol. The first-order valence-corrected chi connectivity index (χ1v) is 9.29. The van der Waals surface area contributed by atoms with Crippen LogP contribution in [0.3, 0.4) is 0 Å². The number of rotatable bonds is 7. The monoisotopic (exact) mass is 494 g/mol. The van der Waals surface area contributed by atoms with Gasteiger partial charge in [-0.3, -0.25) is 4.79 Å². The third kappa shape index (κ3) is 10.4. The topological polar surface area (TPSA) is 177 Å². The molecule has 3 atom stereocenters. The number of nitrogens with zero attached hydrogens (tertiary/aromatic N) is 1. The highest BCUT2D eigenvalue weighted by molar-refractivity contribution is 5.88. The molecule has 1 amide bonds. The summed E-state index contributed by atoms with van der Waals surface area (Å²) in [4.78, 5) is 35.4. The van der Waals surface area contributed by atoms with Gasteiger partial charge in [-0.2, -0.15) is 26.3 Å². The number of aliphatic imine (C=N–C) groups is 1. The normalized spacial score (nSPS) is 20.8. The van der Waals surface area contributed by atoms with E-state index in [1.165, 1.54) is 6.08 Å². The molecule has 16 heteroatoms. The van der Waals surface area contributed by atoms with Gasteiger partial charge in [0, 0.05) is 12.0 Å². The molecule has 1 aliphatic rings.